The Balaban J connectivity index is 1.35. The third kappa shape index (κ3) is 4.02. The van der Waals surface area contributed by atoms with Gasteiger partial charge in [-0.05, 0) is 74.9 Å². The normalized spacial score (nSPS) is 18.5. The van der Waals surface area contributed by atoms with Crippen molar-refractivity contribution in [1.82, 2.24) is 19.4 Å². The molecule has 5 heterocycles. The molecule has 2 atom stereocenters. The summed E-state index contributed by atoms with van der Waals surface area (Å²) in [5.74, 6) is 0.685. The van der Waals surface area contributed by atoms with Crippen molar-refractivity contribution in [3.8, 4) is 22.4 Å². The van der Waals surface area contributed by atoms with E-state index >= 15 is 0 Å². The van der Waals surface area contributed by atoms with E-state index in [0.29, 0.717) is 0 Å². The van der Waals surface area contributed by atoms with Crippen molar-refractivity contribution < 1.29 is 9.13 Å². The summed E-state index contributed by atoms with van der Waals surface area (Å²) in [6, 6.07) is 15.0. The van der Waals surface area contributed by atoms with Crippen molar-refractivity contribution in [2.45, 2.75) is 33.0 Å². The number of hydrogen-bond acceptors (Lipinski definition) is 5. The Kier molecular flexibility index (Phi) is 5.22. The van der Waals surface area contributed by atoms with Crippen LogP contribution in [0.15, 0.2) is 67.1 Å². The van der Waals surface area contributed by atoms with Crippen LogP contribution >= 0.6 is 0 Å². The van der Waals surface area contributed by atoms with Crippen molar-refractivity contribution in [2.75, 3.05) is 18.0 Å². The van der Waals surface area contributed by atoms with Gasteiger partial charge in [0.15, 0.2) is 0 Å². The van der Waals surface area contributed by atoms with Crippen LogP contribution in [0.4, 0.5) is 10.2 Å². The van der Waals surface area contributed by atoms with Gasteiger partial charge < -0.3 is 9.64 Å². The Morgan fingerprint density at radius 2 is 1.74 bits per heavy atom. The van der Waals surface area contributed by atoms with Gasteiger partial charge in [-0.25, -0.2) is 14.4 Å². The second-order valence-corrected chi connectivity index (χ2v) is 9.33. The van der Waals surface area contributed by atoms with Crippen LogP contribution in [0, 0.1) is 12.7 Å². The highest BCUT2D eigenvalue weighted by Gasteiger charge is 2.23. The maximum absolute atomic E-state index is 14.0. The molecule has 7 heteroatoms. The molecule has 1 saturated heterocycles. The number of fused-ring (bicyclic) bond motifs is 2. The van der Waals surface area contributed by atoms with Crippen LogP contribution in [0.2, 0.25) is 0 Å². The van der Waals surface area contributed by atoms with E-state index in [1.165, 1.54) is 12.1 Å². The van der Waals surface area contributed by atoms with Crippen molar-refractivity contribution in [2.24, 2.45) is 0 Å². The predicted molar refractivity (Wildman–Crippen MR) is 136 cm³/mol. The summed E-state index contributed by atoms with van der Waals surface area (Å²) in [5, 5.41) is 0.771. The molecule has 1 fully saturated rings. The first kappa shape index (κ1) is 21.7. The lowest BCUT2D eigenvalue weighted by atomic mass is 10.0. The fourth-order valence-corrected chi connectivity index (χ4v) is 5.01. The van der Waals surface area contributed by atoms with E-state index in [0.717, 1.165) is 63.5 Å². The minimum Gasteiger partial charge on any atom is -0.372 e. The molecule has 0 bridgehead atoms. The van der Waals surface area contributed by atoms with Gasteiger partial charge in [0.05, 0.1) is 29.6 Å². The van der Waals surface area contributed by atoms with Crippen LogP contribution in [0.5, 0.6) is 0 Å². The number of aromatic nitrogens is 4. The Morgan fingerprint density at radius 1 is 0.914 bits per heavy atom. The number of pyridine rings is 3. The molecular weight excluding hydrogens is 441 g/mol. The molecule has 0 N–H and O–H groups in total. The van der Waals surface area contributed by atoms with Gasteiger partial charge >= 0.3 is 0 Å². The third-order valence-electron chi connectivity index (χ3n) is 6.51. The third-order valence-corrected chi connectivity index (χ3v) is 6.51. The standard InChI is InChI=1S/C28H26FN5O/c1-17-10-24(23-12-22(29)5-6-25(23)32-17)26-14-31-28-11-20(8-9-34(26)28)21-4-7-27(30-13-21)33-15-18(2)35-19(3)16-33/h4-14,18-19H,15-16H2,1-3H3/t18-,19+. The van der Waals surface area contributed by atoms with Crippen LogP contribution < -0.4 is 4.90 Å². The zero-order valence-electron chi connectivity index (χ0n) is 19.9. The van der Waals surface area contributed by atoms with Crippen LogP contribution in [-0.4, -0.2) is 44.7 Å². The van der Waals surface area contributed by atoms with E-state index in [1.807, 2.05) is 36.0 Å². The summed E-state index contributed by atoms with van der Waals surface area (Å²) in [4.78, 5) is 16.2. The number of hydrogen-bond donors (Lipinski definition) is 0. The van der Waals surface area contributed by atoms with E-state index in [1.54, 1.807) is 6.07 Å². The summed E-state index contributed by atoms with van der Waals surface area (Å²) in [6.45, 7) is 7.82. The van der Waals surface area contributed by atoms with Crippen LogP contribution in [0.25, 0.3) is 38.9 Å². The number of morpholine rings is 1. The van der Waals surface area contributed by atoms with Gasteiger partial charge in [-0.2, -0.15) is 0 Å². The average Bonchev–Trinajstić information content (AvgIpc) is 3.26. The highest BCUT2D eigenvalue weighted by Crippen LogP contribution is 2.31. The molecule has 0 spiro atoms. The molecule has 35 heavy (non-hydrogen) atoms. The quantitative estimate of drug-likeness (QED) is 0.342. The van der Waals surface area contributed by atoms with Gasteiger partial charge in [0.25, 0.3) is 0 Å². The number of anilines is 1. The lowest BCUT2D eigenvalue weighted by Crippen LogP contribution is -2.45. The molecule has 6 nitrogen and oxygen atoms in total. The summed E-state index contributed by atoms with van der Waals surface area (Å²) in [5.41, 5.74) is 6.34. The highest BCUT2D eigenvalue weighted by atomic mass is 19.1. The minimum absolute atomic E-state index is 0.190. The van der Waals surface area contributed by atoms with Gasteiger partial charge in [0.2, 0.25) is 0 Å². The van der Waals surface area contributed by atoms with Crippen molar-refractivity contribution in [3.63, 3.8) is 0 Å². The predicted octanol–water partition coefficient (Wildman–Crippen LogP) is 5.67. The molecule has 0 unspecified atom stereocenters. The summed E-state index contributed by atoms with van der Waals surface area (Å²) < 4.78 is 21.9. The van der Waals surface area contributed by atoms with Gasteiger partial charge in [0, 0.05) is 47.7 Å². The maximum atomic E-state index is 14.0. The minimum atomic E-state index is -0.280. The fraction of sp³-hybridized carbons (Fsp3) is 0.250. The number of imidazole rings is 1. The van der Waals surface area contributed by atoms with Crippen LogP contribution in [-0.2, 0) is 4.74 Å². The Morgan fingerprint density at radius 3 is 2.51 bits per heavy atom. The second kappa shape index (κ2) is 8.43. The Hall–Kier alpha value is -3.84. The summed E-state index contributed by atoms with van der Waals surface area (Å²) >= 11 is 0. The molecule has 4 aromatic heterocycles. The first-order chi connectivity index (χ1) is 16.9. The van der Waals surface area contributed by atoms with E-state index in [9.17, 15) is 4.39 Å². The first-order valence-electron chi connectivity index (χ1n) is 11.9. The number of benzene rings is 1. The molecule has 176 valence electrons. The van der Waals surface area contributed by atoms with Crippen LogP contribution in [0.3, 0.4) is 0 Å². The smallest absolute Gasteiger partial charge is 0.137 e. The number of ether oxygens (including phenoxy) is 1. The van der Waals surface area contributed by atoms with Gasteiger partial charge in [-0.1, -0.05) is 0 Å². The second-order valence-electron chi connectivity index (χ2n) is 9.33. The van der Waals surface area contributed by atoms with Gasteiger partial charge in [-0.3, -0.25) is 9.38 Å². The van der Waals surface area contributed by atoms with E-state index in [4.69, 9.17) is 9.72 Å². The largest absolute Gasteiger partial charge is 0.372 e. The lowest BCUT2D eigenvalue weighted by Gasteiger charge is -2.36. The molecular formula is C28H26FN5O. The SMILES string of the molecule is Cc1cc(-c2cnc3cc(-c4ccc(N5C[C@@H](C)O[C@@H](C)C5)nc4)ccn23)c2cc(F)ccc2n1. The number of aryl methyl sites for hydroxylation is 1. The highest BCUT2D eigenvalue weighted by molar-refractivity contribution is 5.94. The monoisotopic (exact) mass is 467 g/mol. The van der Waals surface area contributed by atoms with Crippen molar-refractivity contribution >= 4 is 22.4 Å². The number of halogens is 1. The molecule has 0 aliphatic carbocycles. The first-order valence-corrected chi connectivity index (χ1v) is 11.9. The molecule has 0 amide bonds. The van der Waals surface area contributed by atoms with E-state index in [-0.39, 0.29) is 18.0 Å². The molecule has 1 aliphatic heterocycles. The fourth-order valence-electron chi connectivity index (χ4n) is 5.01. The van der Waals surface area contributed by atoms with Crippen LogP contribution in [0.1, 0.15) is 19.5 Å². The van der Waals surface area contributed by atoms with Gasteiger partial charge in [-0.15, -0.1) is 0 Å². The van der Waals surface area contributed by atoms with Crippen molar-refractivity contribution in [3.05, 3.63) is 78.6 Å². The summed E-state index contributed by atoms with van der Waals surface area (Å²) in [6.07, 6.45) is 6.14. The van der Waals surface area contributed by atoms with Crippen molar-refractivity contribution in [1.29, 1.82) is 0 Å². The van der Waals surface area contributed by atoms with E-state index in [2.05, 4.69) is 53.0 Å². The molecule has 6 rings (SSSR count). The Labute approximate surface area is 203 Å². The molecule has 1 aromatic carbocycles. The molecule has 5 aromatic rings. The topological polar surface area (TPSA) is 55.5 Å². The van der Waals surface area contributed by atoms with Gasteiger partial charge in [0.1, 0.15) is 17.3 Å². The lowest BCUT2D eigenvalue weighted by molar-refractivity contribution is -0.00545. The molecule has 0 radical (unpaired) electrons. The average molecular weight is 468 g/mol. The Bertz CT molecular complexity index is 1540. The molecule has 0 saturated carbocycles. The summed E-state index contributed by atoms with van der Waals surface area (Å²) in [7, 11) is 0. The number of rotatable bonds is 3. The maximum Gasteiger partial charge on any atom is 0.137 e. The molecule has 1 aliphatic rings. The zero-order valence-corrected chi connectivity index (χ0v) is 19.9. The zero-order chi connectivity index (χ0) is 24.1. The van der Waals surface area contributed by atoms with E-state index < -0.39 is 0 Å². The number of nitrogens with zero attached hydrogens (tertiary/aromatic N) is 5.